The highest BCUT2D eigenvalue weighted by Gasteiger charge is 2.26. The fourth-order valence-corrected chi connectivity index (χ4v) is 2.75. The number of aliphatic hydroxyl groups is 1. The fraction of sp³-hybridized carbons (Fsp3) is 0.158. The average Bonchev–Trinajstić information content (AvgIpc) is 2.60. The van der Waals surface area contributed by atoms with E-state index in [-0.39, 0.29) is 6.61 Å². The highest BCUT2D eigenvalue weighted by atomic mass is 16.3. The zero-order valence-electron chi connectivity index (χ0n) is 12.6. The Hall–Kier alpha value is -2.72. The molecule has 0 spiro atoms. The summed E-state index contributed by atoms with van der Waals surface area (Å²) in [5, 5.41) is 9.33. The minimum Gasteiger partial charge on any atom is -0.395 e. The molecule has 0 radical (unpaired) electrons. The molecule has 0 saturated carbocycles. The number of hydrogen-bond donors (Lipinski definition) is 1. The average molecular weight is 307 g/mol. The Balaban J connectivity index is 2.00. The van der Waals surface area contributed by atoms with Crippen LogP contribution < -0.4 is 15.8 Å². The Kier molecular flexibility index (Phi) is 4.35. The van der Waals surface area contributed by atoms with Crippen molar-refractivity contribution in [2.75, 3.05) is 18.1 Å². The first kappa shape index (κ1) is 15.2. The van der Waals surface area contributed by atoms with Gasteiger partial charge in [0.15, 0.2) is 0 Å². The van der Waals surface area contributed by atoms with E-state index < -0.39 is 10.9 Å². The lowest BCUT2D eigenvalue weighted by Crippen LogP contribution is -2.42. The quantitative estimate of drug-likeness (QED) is 0.707. The minimum absolute atomic E-state index is 0.0835. The first-order valence-corrected chi connectivity index (χ1v) is 7.51. The second-order valence-electron chi connectivity index (χ2n) is 5.38. The van der Waals surface area contributed by atoms with Crippen LogP contribution >= 0.6 is 0 Å². The highest BCUT2D eigenvalue weighted by molar-refractivity contribution is 5.82. The Morgan fingerprint density at radius 1 is 0.826 bits per heavy atom. The fourth-order valence-electron chi connectivity index (χ4n) is 2.75. The molecule has 0 unspecified atom stereocenters. The van der Waals surface area contributed by atoms with Gasteiger partial charge in [-0.1, -0.05) is 60.7 Å². The summed E-state index contributed by atoms with van der Waals surface area (Å²) in [5.41, 5.74) is 1.67. The second kappa shape index (κ2) is 6.58. The third kappa shape index (κ3) is 2.94. The lowest BCUT2D eigenvalue weighted by atomic mass is 9.97. The van der Waals surface area contributed by atoms with Crippen molar-refractivity contribution in [1.82, 2.24) is 0 Å². The molecule has 0 heterocycles. The van der Waals surface area contributed by atoms with Crippen molar-refractivity contribution in [2.24, 2.45) is 0 Å². The number of anilines is 1. The van der Waals surface area contributed by atoms with E-state index in [0.29, 0.717) is 24.3 Å². The van der Waals surface area contributed by atoms with Crippen LogP contribution in [-0.2, 0) is 6.54 Å². The molecule has 4 heteroatoms. The van der Waals surface area contributed by atoms with Crippen LogP contribution in [0.4, 0.5) is 5.69 Å². The van der Waals surface area contributed by atoms with Crippen LogP contribution in [0.2, 0.25) is 0 Å². The summed E-state index contributed by atoms with van der Waals surface area (Å²) >= 11 is 0. The topological polar surface area (TPSA) is 57.6 Å². The summed E-state index contributed by atoms with van der Waals surface area (Å²) in [6, 6.07) is 18.9. The van der Waals surface area contributed by atoms with Gasteiger partial charge >= 0.3 is 0 Å². The van der Waals surface area contributed by atoms with Crippen LogP contribution in [-0.4, -0.2) is 18.3 Å². The van der Waals surface area contributed by atoms with Crippen molar-refractivity contribution >= 4 is 5.69 Å². The van der Waals surface area contributed by atoms with Crippen molar-refractivity contribution in [2.45, 2.75) is 6.54 Å². The highest BCUT2D eigenvalue weighted by Crippen LogP contribution is 2.27. The van der Waals surface area contributed by atoms with Gasteiger partial charge in [-0.3, -0.25) is 9.59 Å². The predicted molar refractivity (Wildman–Crippen MR) is 91.4 cm³/mol. The van der Waals surface area contributed by atoms with Gasteiger partial charge in [-0.25, -0.2) is 0 Å². The Morgan fingerprint density at radius 2 is 1.43 bits per heavy atom. The molecule has 3 aromatic rings. The SMILES string of the molecule is O=c1c(-c2ccccc2)c(N(CCO)Cc2ccccc2)c1=O. The molecular weight excluding hydrogens is 290 g/mol. The molecule has 0 aliphatic rings. The monoisotopic (exact) mass is 307 g/mol. The van der Waals surface area contributed by atoms with Crippen molar-refractivity contribution in [3.63, 3.8) is 0 Å². The van der Waals surface area contributed by atoms with Gasteiger partial charge in [0, 0.05) is 13.1 Å². The van der Waals surface area contributed by atoms with E-state index in [4.69, 9.17) is 0 Å². The maximum absolute atomic E-state index is 12.1. The van der Waals surface area contributed by atoms with Gasteiger partial charge in [0.2, 0.25) is 10.9 Å². The van der Waals surface area contributed by atoms with Crippen LogP contribution in [0.25, 0.3) is 11.1 Å². The third-order valence-electron chi connectivity index (χ3n) is 3.85. The number of aliphatic hydroxyl groups excluding tert-OH is 1. The van der Waals surface area contributed by atoms with E-state index in [0.717, 1.165) is 11.1 Å². The molecule has 0 bridgehead atoms. The number of nitrogens with zero attached hydrogens (tertiary/aromatic N) is 1. The maximum atomic E-state index is 12.1. The molecule has 116 valence electrons. The molecule has 3 aromatic carbocycles. The molecule has 23 heavy (non-hydrogen) atoms. The Bertz CT molecular complexity index is 849. The van der Waals surface area contributed by atoms with Gasteiger partial charge < -0.3 is 10.0 Å². The predicted octanol–water partition coefficient (Wildman–Crippen LogP) is 1.95. The number of hydrogen-bond acceptors (Lipinski definition) is 4. The molecule has 0 fully saturated rings. The van der Waals surface area contributed by atoms with Crippen LogP contribution in [0.5, 0.6) is 0 Å². The molecular formula is C19H17NO3. The molecule has 0 saturated heterocycles. The Morgan fingerprint density at radius 3 is 2.04 bits per heavy atom. The van der Waals surface area contributed by atoms with Crippen molar-refractivity contribution < 1.29 is 5.11 Å². The molecule has 4 nitrogen and oxygen atoms in total. The van der Waals surface area contributed by atoms with Crippen LogP contribution in [0.1, 0.15) is 5.56 Å². The Labute approximate surface area is 133 Å². The second-order valence-corrected chi connectivity index (χ2v) is 5.38. The largest absolute Gasteiger partial charge is 0.395 e. The number of benzene rings is 2. The summed E-state index contributed by atoms with van der Waals surface area (Å²) in [7, 11) is 0. The molecule has 0 aliphatic heterocycles. The summed E-state index contributed by atoms with van der Waals surface area (Å²) in [6.45, 7) is 0.700. The van der Waals surface area contributed by atoms with Crippen molar-refractivity contribution in [3.8, 4) is 11.1 Å². The van der Waals surface area contributed by atoms with Gasteiger partial charge in [-0.15, -0.1) is 0 Å². The van der Waals surface area contributed by atoms with E-state index >= 15 is 0 Å². The van der Waals surface area contributed by atoms with Crippen LogP contribution in [0.3, 0.4) is 0 Å². The zero-order chi connectivity index (χ0) is 16.2. The van der Waals surface area contributed by atoms with Gasteiger partial charge in [0.05, 0.1) is 12.2 Å². The molecule has 0 aliphatic carbocycles. The van der Waals surface area contributed by atoms with Gasteiger partial charge in [0.1, 0.15) is 5.69 Å². The molecule has 1 N–H and O–H groups in total. The molecule has 0 amide bonds. The third-order valence-corrected chi connectivity index (χ3v) is 3.85. The first-order valence-electron chi connectivity index (χ1n) is 7.51. The van der Waals surface area contributed by atoms with E-state index in [1.165, 1.54) is 0 Å². The summed E-state index contributed by atoms with van der Waals surface area (Å²) in [6.07, 6.45) is 0. The normalized spacial score (nSPS) is 10.8. The van der Waals surface area contributed by atoms with Gasteiger partial charge in [-0.2, -0.15) is 0 Å². The lowest BCUT2D eigenvalue weighted by molar-refractivity contribution is 0.301. The standard InChI is InChI=1S/C19H17NO3/c21-12-11-20(13-14-7-3-1-4-8-14)17-16(18(22)19(17)23)15-9-5-2-6-10-15/h1-10,21H,11-13H2. The molecule has 0 atom stereocenters. The van der Waals surface area contributed by atoms with Crippen LogP contribution in [0, 0.1) is 0 Å². The smallest absolute Gasteiger partial charge is 0.250 e. The molecule has 0 aromatic heterocycles. The van der Waals surface area contributed by atoms with E-state index in [1.807, 2.05) is 60.7 Å². The van der Waals surface area contributed by atoms with Crippen molar-refractivity contribution in [3.05, 3.63) is 86.7 Å². The zero-order valence-corrected chi connectivity index (χ0v) is 12.6. The first-order chi connectivity index (χ1) is 11.2. The summed E-state index contributed by atoms with van der Waals surface area (Å²) in [4.78, 5) is 25.9. The lowest BCUT2D eigenvalue weighted by Gasteiger charge is -2.27. The summed E-state index contributed by atoms with van der Waals surface area (Å²) in [5.74, 6) is 0. The van der Waals surface area contributed by atoms with E-state index in [9.17, 15) is 14.7 Å². The number of rotatable bonds is 6. The summed E-state index contributed by atoms with van der Waals surface area (Å²) < 4.78 is 0. The van der Waals surface area contributed by atoms with E-state index in [1.54, 1.807) is 4.90 Å². The van der Waals surface area contributed by atoms with Crippen molar-refractivity contribution in [1.29, 1.82) is 0 Å². The minimum atomic E-state index is -0.478. The van der Waals surface area contributed by atoms with Gasteiger partial charge in [-0.05, 0) is 11.1 Å². The molecule has 3 rings (SSSR count). The van der Waals surface area contributed by atoms with Crippen LogP contribution in [0.15, 0.2) is 70.3 Å². The van der Waals surface area contributed by atoms with Gasteiger partial charge in [0.25, 0.3) is 0 Å². The van der Waals surface area contributed by atoms with E-state index in [2.05, 4.69) is 0 Å². The maximum Gasteiger partial charge on any atom is 0.250 e.